The quantitative estimate of drug-likeness (QED) is 0.392. The molecule has 0 atom stereocenters. The molecule has 0 aliphatic rings. The van der Waals surface area contributed by atoms with E-state index in [2.05, 4.69) is 24.7 Å². The Kier molecular flexibility index (Phi) is 10.1. The van der Waals surface area contributed by atoms with Crippen molar-refractivity contribution in [1.29, 1.82) is 0 Å². The molecule has 0 spiro atoms. The lowest BCUT2D eigenvalue weighted by atomic mass is 10.1. The van der Waals surface area contributed by atoms with Gasteiger partial charge in [-0.1, -0.05) is 19.9 Å². The number of carbonyl (C=O) groups excluding carboxylic acids is 2. The summed E-state index contributed by atoms with van der Waals surface area (Å²) in [5.74, 6) is 1.76. The first-order valence-corrected chi connectivity index (χ1v) is 10.8. The first-order valence-electron chi connectivity index (χ1n) is 10.8. The zero-order valence-electron chi connectivity index (χ0n) is 19.8. The number of nitrogens with one attached hydrogen (secondary N) is 2. The fourth-order valence-corrected chi connectivity index (χ4v) is 2.80. The molecule has 0 radical (unpaired) electrons. The average Bonchev–Trinajstić information content (AvgIpc) is 2.81. The molecule has 0 aliphatic heterocycles. The minimum Gasteiger partial charge on any atom is -0.493 e. The molecular weight excluding hydrogens is 424 g/mol. The van der Waals surface area contributed by atoms with Gasteiger partial charge in [0, 0.05) is 11.6 Å². The van der Waals surface area contributed by atoms with Gasteiger partial charge < -0.3 is 18.9 Å². The van der Waals surface area contributed by atoms with Gasteiger partial charge in [0.2, 0.25) is 0 Å². The average molecular weight is 457 g/mol. The van der Waals surface area contributed by atoms with Crippen molar-refractivity contribution in [2.45, 2.75) is 27.2 Å². The van der Waals surface area contributed by atoms with E-state index >= 15 is 0 Å². The number of amides is 2. The molecule has 2 N–H and O–H groups in total. The van der Waals surface area contributed by atoms with Crippen LogP contribution in [0, 0.1) is 5.92 Å². The van der Waals surface area contributed by atoms with Crippen LogP contribution in [0.1, 0.15) is 43.1 Å². The van der Waals surface area contributed by atoms with Gasteiger partial charge in [0.05, 0.1) is 27.4 Å². The van der Waals surface area contributed by atoms with E-state index in [4.69, 9.17) is 18.9 Å². The number of carbonyl (C=O) groups is 2. The molecule has 2 amide bonds. The third-order valence-electron chi connectivity index (χ3n) is 4.59. The lowest BCUT2D eigenvalue weighted by Gasteiger charge is -2.13. The third-order valence-corrected chi connectivity index (χ3v) is 4.59. The summed E-state index contributed by atoms with van der Waals surface area (Å²) in [4.78, 5) is 24.5. The molecule has 0 bridgehead atoms. The molecule has 0 heterocycles. The Balaban J connectivity index is 1.93. The van der Waals surface area contributed by atoms with E-state index < -0.39 is 11.8 Å². The second kappa shape index (κ2) is 13.0. The van der Waals surface area contributed by atoms with Crippen LogP contribution in [0.2, 0.25) is 0 Å². The van der Waals surface area contributed by atoms with Crippen molar-refractivity contribution in [2.75, 3.05) is 27.4 Å². The van der Waals surface area contributed by atoms with Gasteiger partial charge in [-0.2, -0.15) is 0 Å². The highest BCUT2D eigenvalue weighted by Gasteiger charge is 2.12. The van der Waals surface area contributed by atoms with Gasteiger partial charge in [-0.15, -0.1) is 0 Å². The molecule has 0 saturated heterocycles. The molecule has 0 aliphatic carbocycles. The van der Waals surface area contributed by atoms with Crippen LogP contribution in [0.5, 0.6) is 23.0 Å². The number of rotatable bonds is 11. The summed E-state index contributed by atoms with van der Waals surface area (Å²) in [6, 6.07) is 10.2. The molecule has 8 nitrogen and oxygen atoms in total. The largest absolute Gasteiger partial charge is 0.493 e. The molecule has 8 heteroatoms. The lowest BCUT2D eigenvalue weighted by molar-refractivity contribution is -0.117. The maximum atomic E-state index is 12.4. The van der Waals surface area contributed by atoms with E-state index in [0.717, 1.165) is 12.0 Å². The number of ether oxygens (including phenoxy) is 4. The monoisotopic (exact) mass is 456 g/mol. The standard InChI is InChI=1S/C25H32N2O6/c1-6-32-20-10-7-18(15-22(20)30-4)8-12-24(28)26-27-25(29)19-9-11-21(23(16-19)31-5)33-14-13-17(2)3/h7-12,15-17H,6,13-14H2,1-5H3,(H,26,28)(H,27,29)/b12-8+. The van der Waals surface area contributed by atoms with Gasteiger partial charge in [-0.3, -0.25) is 20.4 Å². The number of benzene rings is 2. The van der Waals surface area contributed by atoms with Gasteiger partial charge in [0.1, 0.15) is 0 Å². The van der Waals surface area contributed by atoms with Crippen LogP contribution >= 0.6 is 0 Å². The van der Waals surface area contributed by atoms with Crippen LogP contribution in [0.3, 0.4) is 0 Å². The minimum absolute atomic E-state index is 0.323. The Morgan fingerprint density at radius 2 is 1.58 bits per heavy atom. The van der Waals surface area contributed by atoms with Crippen LogP contribution < -0.4 is 29.8 Å². The Bertz CT molecular complexity index is 971. The van der Waals surface area contributed by atoms with Crippen molar-refractivity contribution in [1.82, 2.24) is 10.9 Å². The molecule has 33 heavy (non-hydrogen) atoms. The zero-order chi connectivity index (χ0) is 24.2. The second-order valence-electron chi connectivity index (χ2n) is 7.52. The fraction of sp³-hybridized carbons (Fsp3) is 0.360. The van der Waals surface area contributed by atoms with Gasteiger partial charge in [-0.25, -0.2) is 0 Å². The van der Waals surface area contributed by atoms with Crippen LogP contribution in [-0.2, 0) is 4.79 Å². The summed E-state index contributed by atoms with van der Waals surface area (Å²) in [5, 5.41) is 0. The summed E-state index contributed by atoms with van der Waals surface area (Å²) in [7, 11) is 3.06. The lowest BCUT2D eigenvalue weighted by Crippen LogP contribution is -2.40. The van der Waals surface area contributed by atoms with Gasteiger partial charge >= 0.3 is 0 Å². The van der Waals surface area contributed by atoms with Crippen molar-refractivity contribution in [2.24, 2.45) is 5.92 Å². The molecule has 178 valence electrons. The van der Waals surface area contributed by atoms with Crippen molar-refractivity contribution < 1.29 is 28.5 Å². The Morgan fingerprint density at radius 3 is 2.24 bits per heavy atom. The molecule has 0 aromatic heterocycles. The van der Waals surface area contributed by atoms with Crippen molar-refractivity contribution >= 4 is 17.9 Å². The summed E-state index contributed by atoms with van der Waals surface area (Å²) in [6.07, 6.45) is 3.82. The SMILES string of the molecule is CCOc1ccc(/C=C/C(=O)NNC(=O)c2ccc(OCCC(C)C)c(OC)c2)cc1OC. The van der Waals surface area contributed by atoms with E-state index in [1.54, 1.807) is 49.6 Å². The van der Waals surface area contributed by atoms with Crippen LogP contribution in [0.25, 0.3) is 6.08 Å². The number of hydrogen-bond acceptors (Lipinski definition) is 6. The van der Waals surface area contributed by atoms with E-state index in [0.29, 0.717) is 47.7 Å². The normalized spacial score (nSPS) is 10.7. The molecular formula is C25H32N2O6. The number of hydrazine groups is 1. The molecule has 0 saturated carbocycles. The van der Waals surface area contributed by atoms with Crippen molar-refractivity contribution in [3.63, 3.8) is 0 Å². The zero-order valence-corrected chi connectivity index (χ0v) is 19.8. The summed E-state index contributed by atoms with van der Waals surface area (Å²) in [5.41, 5.74) is 5.81. The highest BCUT2D eigenvalue weighted by molar-refractivity contribution is 5.98. The van der Waals surface area contributed by atoms with Crippen molar-refractivity contribution in [3.05, 3.63) is 53.6 Å². The van der Waals surface area contributed by atoms with Crippen LogP contribution in [-0.4, -0.2) is 39.2 Å². The van der Waals surface area contributed by atoms with Crippen molar-refractivity contribution in [3.8, 4) is 23.0 Å². The topological polar surface area (TPSA) is 95.1 Å². The molecule has 0 fully saturated rings. The number of methoxy groups -OCH3 is 2. The minimum atomic E-state index is -0.489. The maximum absolute atomic E-state index is 12.4. The smallest absolute Gasteiger partial charge is 0.269 e. The molecule has 2 rings (SSSR count). The van der Waals surface area contributed by atoms with Crippen LogP contribution in [0.15, 0.2) is 42.5 Å². The van der Waals surface area contributed by atoms with E-state index in [1.165, 1.54) is 13.2 Å². The predicted octanol–water partition coefficient (Wildman–Crippen LogP) is 4.00. The first-order chi connectivity index (χ1) is 15.9. The summed E-state index contributed by atoms with van der Waals surface area (Å²) in [6.45, 7) is 7.20. The van der Waals surface area contributed by atoms with Crippen LogP contribution in [0.4, 0.5) is 0 Å². The highest BCUT2D eigenvalue weighted by Crippen LogP contribution is 2.29. The Labute approximate surface area is 194 Å². The number of hydrogen-bond donors (Lipinski definition) is 2. The van der Waals surface area contributed by atoms with E-state index in [1.807, 2.05) is 6.92 Å². The van der Waals surface area contributed by atoms with Gasteiger partial charge in [0.15, 0.2) is 23.0 Å². The fourth-order valence-electron chi connectivity index (χ4n) is 2.80. The van der Waals surface area contributed by atoms with E-state index in [-0.39, 0.29) is 0 Å². The highest BCUT2D eigenvalue weighted by atomic mass is 16.5. The molecule has 2 aromatic rings. The maximum Gasteiger partial charge on any atom is 0.269 e. The summed E-state index contributed by atoms with van der Waals surface area (Å²) >= 11 is 0. The van der Waals surface area contributed by atoms with Gasteiger partial charge in [-0.05, 0) is 61.2 Å². The second-order valence-corrected chi connectivity index (χ2v) is 7.52. The Hall–Kier alpha value is -3.68. The predicted molar refractivity (Wildman–Crippen MR) is 127 cm³/mol. The Morgan fingerprint density at radius 1 is 0.909 bits per heavy atom. The molecule has 0 unspecified atom stereocenters. The molecule has 2 aromatic carbocycles. The third kappa shape index (κ3) is 8.07. The first kappa shape index (κ1) is 25.6. The summed E-state index contributed by atoms with van der Waals surface area (Å²) < 4.78 is 21.8. The van der Waals surface area contributed by atoms with E-state index in [9.17, 15) is 9.59 Å². The van der Waals surface area contributed by atoms with Gasteiger partial charge in [0.25, 0.3) is 11.8 Å².